The topological polar surface area (TPSA) is 249 Å². The first-order valence-corrected chi connectivity index (χ1v) is 17.5. The van der Waals surface area contributed by atoms with Crippen LogP contribution in [0, 0.1) is 13.8 Å². The average molecular weight is 757 g/mol. The van der Waals surface area contributed by atoms with Gasteiger partial charge in [0.05, 0.1) is 21.2 Å². The zero-order valence-corrected chi connectivity index (χ0v) is 33.8. The van der Waals surface area contributed by atoms with Gasteiger partial charge in [0.15, 0.2) is 0 Å². The molecule has 2 aliphatic carbocycles. The number of allylic oxidation sites excluding steroid dienone is 2. The van der Waals surface area contributed by atoms with Crippen molar-refractivity contribution in [3.63, 3.8) is 0 Å². The Labute approximate surface area is 343 Å². The molecule has 0 saturated heterocycles. The fourth-order valence-corrected chi connectivity index (χ4v) is 6.76. The molecule has 6 rings (SSSR count). The number of nitrogens with two attached hydrogens (primary N) is 2. The minimum Gasteiger partial charge on any atom is -0.744 e. The third-order valence-corrected chi connectivity index (χ3v) is 9.71. The smallest absolute Gasteiger partial charge is 0.744 e. The Morgan fingerprint density at radius 2 is 1.02 bits per heavy atom. The molecule has 254 valence electrons. The van der Waals surface area contributed by atoms with Gasteiger partial charge in [-0.25, -0.2) is 16.8 Å². The van der Waals surface area contributed by atoms with E-state index in [0.29, 0.717) is 22.5 Å². The van der Waals surface area contributed by atoms with Crippen molar-refractivity contribution in [2.45, 2.75) is 13.8 Å². The first-order valence-electron chi connectivity index (χ1n) is 14.6. The number of hydrogen-bond acceptors (Lipinski definition) is 14. The van der Waals surface area contributed by atoms with Crippen LogP contribution in [0.5, 0.6) is 0 Å². The molecule has 0 saturated carbocycles. The van der Waals surface area contributed by atoms with Crippen molar-refractivity contribution in [1.82, 2.24) is 0 Å². The monoisotopic (exact) mass is 756 g/mol. The third-order valence-electron chi connectivity index (χ3n) is 8.01. The Bertz CT molecular complexity index is 2530. The van der Waals surface area contributed by atoms with Gasteiger partial charge in [-0.05, 0) is 114 Å². The number of nitrogens with one attached hydrogen (secondary N) is 2. The van der Waals surface area contributed by atoms with E-state index in [1.165, 1.54) is 36.4 Å². The molecule has 0 amide bonds. The summed E-state index contributed by atoms with van der Waals surface area (Å²) in [6.45, 7) is 3.52. The van der Waals surface area contributed by atoms with Gasteiger partial charge in [-0.15, -0.1) is 0 Å². The van der Waals surface area contributed by atoms with Crippen molar-refractivity contribution < 1.29 is 94.6 Å². The van der Waals surface area contributed by atoms with E-state index < -0.39 is 53.0 Å². The van der Waals surface area contributed by atoms with Crippen LogP contribution in [0.25, 0.3) is 23.3 Å². The molecule has 0 heterocycles. The minimum absolute atomic E-state index is 0. The van der Waals surface area contributed by atoms with Crippen LogP contribution in [0.1, 0.15) is 43.0 Å². The van der Waals surface area contributed by atoms with E-state index in [9.17, 15) is 35.5 Å². The van der Waals surface area contributed by atoms with Crippen LogP contribution in [0.2, 0.25) is 0 Å². The van der Waals surface area contributed by atoms with Crippen LogP contribution in [0.4, 0.5) is 22.7 Å². The summed E-state index contributed by atoms with van der Waals surface area (Å²) in [6, 6.07) is 19.1. The molecule has 4 aromatic rings. The molecule has 0 fully saturated rings. The predicted octanol–water partition coefficient (Wildman–Crippen LogP) is -1.76. The van der Waals surface area contributed by atoms with E-state index in [-0.39, 0.29) is 92.7 Å². The number of fused-ring (bicyclic) bond motifs is 2. The number of ketones is 2. The second kappa shape index (κ2) is 15.6. The summed E-state index contributed by atoms with van der Waals surface area (Å²) in [5.74, 6) is -1.53. The first kappa shape index (κ1) is 40.8. The largest absolute Gasteiger partial charge is 1.00 e. The van der Waals surface area contributed by atoms with Crippen LogP contribution in [-0.4, -0.2) is 48.9 Å². The molecule has 14 nitrogen and oxygen atoms in total. The van der Waals surface area contributed by atoms with Gasteiger partial charge >= 0.3 is 59.1 Å². The number of rotatable bonds is 7. The Balaban J connectivity index is 0.00000302. The average Bonchev–Trinajstić information content (AvgIpc) is 3.04. The van der Waals surface area contributed by atoms with E-state index in [0.717, 1.165) is 23.3 Å². The van der Waals surface area contributed by atoms with Crippen molar-refractivity contribution >= 4 is 78.1 Å². The van der Waals surface area contributed by atoms with Crippen LogP contribution >= 0.6 is 0 Å². The molecule has 6 N–H and O–H groups in total. The van der Waals surface area contributed by atoms with Gasteiger partial charge in [0.2, 0.25) is 11.6 Å². The maximum atomic E-state index is 13.2. The molecule has 0 unspecified atom stereocenters. The van der Waals surface area contributed by atoms with E-state index >= 15 is 0 Å². The molecule has 0 aromatic heterocycles. The van der Waals surface area contributed by atoms with Gasteiger partial charge in [0.25, 0.3) is 0 Å². The number of hydrazone groups is 2. The maximum absolute atomic E-state index is 13.2. The zero-order valence-electron chi connectivity index (χ0n) is 28.2. The summed E-state index contributed by atoms with van der Waals surface area (Å²) in [5, 5.41) is 8.04. The van der Waals surface area contributed by atoms with Crippen molar-refractivity contribution in [2.24, 2.45) is 10.2 Å². The Morgan fingerprint density at radius 1 is 0.577 bits per heavy atom. The molecule has 0 aliphatic heterocycles. The maximum Gasteiger partial charge on any atom is 1.00 e. The van der Waals surface area contributed by atoms with Gasteiger partial charge in [0, 0.05) is 22.5 Å². The standard InChI is InChI=1S/C34H28N6O8S2.2Na/c1-17-11-19(4-9-27(17)37-39-31-30(50(46,47)48)15-22-13-23(35)7-8-25(22)33(31)41)20-5-10-28(18(2)12-20)38-40-32-29(49(43,44)45)14-21-3-6-24(36)16-26(21)34(32)42;;/h3-16,37-38H,35-36H2,1-2H3,(H,43,44,45)(H,46,47,48);;/q;2*+1/p-2/b39-31+,40-32-;;. The van der Waals surface area contributed by atoms with E-state index in [1.807, 2.05) is 12.1 Å². The summed E-state index contributed by atoms with van der Waals surface area (Å²) in [7, 11) is -10.1. The third kappa shape index (κ3) is 8.31. The summed E-state index contributed by atoms with van der Waals surface area (Å²) >= 11 is 0. The van der Waals surface area contributed by atoms with Gasteiger partial charge < -0.3 is 20.6 Å². The summed E-state index contributed by atoms with van der Waals surface area (Å²) in [4.78, 5) is 24.7. The van der Waals surface area contributed by atoms with Crippen LogP contribution < -0.4 is 81.4 Å². The Kier molecular flexibility index (Phi) is 12.2. The normalized spacial score (nSPS) is 15.5. The number of hydrogen-bond donors (Lipinski definition) is 4. The van der Waals surface area contributed by atoms with Crippen molar-refractivity contribution in [3.8, 4) is 11.1 Å². The molecule has 0 radical (unpaired) electrons. The van der Waals surface area contributed by atoms with E-state index in [2.05, 4.69) is 21.1 Å². The number of anilines is 4. The number of nitrogen functional groups attached to an aromatic ring is 2. The number of carbonyl (C=O) groups excluding carboxylic acids is 2. The number of carbonyl (C=O) groups is 2. The first-order chi connectivity index (χ1) is 23.5. The van der Waals surface area contributed by atoms with Crippen LogP contribution in [0.15, 0.2) is 92.8 Å². The van der Waals surface area contributed by atoms with Crippen molar-refractivity contribution in [3.05, 3.63) is 116 Å². The van der Waals surface area contributed by atoms with E-state index in [1.54, 1.807) is 38.1 Å². The van der Waals surface area contributed by atoms with Crippen LogP contribution in [0.3, 0.4) is 0 Å². The van der Waals surface area contributed by atoms with Gasteiger partial charge in [0.1, 0.15) is 31.7 Å². The number of aryl methyl sites for hydroxylation is 2. The van der Waals surface area contributed by atoms with E-state index in [4.69, 9.17) is 11.5 Å². The Hall–Kier alpha value is -3.94. The van der Waals surface area contributed by atoms with Gasteiger partial charge in [-0.1, -0.05) is 18.2 Å². The summed E-state index contributed by atoms with van der Waals surface area (Å²) in [6.07, 6.45) is 2.16. The molecular formula is C34H26N6Na2O8S2. The second-order valence-electron chi connectivity index (χ2n) is 11.5. The minimum atomic E-state index is -5.06. The molecule has 2 aliphatic rings. The molecule has 4 aromatic carbocycles. The predicted molar refractivity (Wildman–Crippen MR) is 189 cm³/mol. The number of benzene rings is 4. The fraction of sp³-hybridized carbons (Fsp3) is 0.0588. The second-order valence-corrected chi connectivity index (χ2v) is 14.2. The summed E-state index contributed by atoms with van der Waals surface area (Å²) < 4.78 is 72.1. The molecule has 18 heteroatoms. The fourth-order valence-electron chi connectivity index (χ4n) is 5.46. The quantitative estimate of drug-likeness (QED) is 0.0709. The molecule has 0 bridgehead atoms. The zero-order chi connectivity index (χ0) is 36.1. The Morgan fingerprint density at radius 3 is 1.50 bits per heavy atom. The van der Waals surface area contributed by atoms with Gasteiger partial charge in [-0.2, -0.15) is 10.2 Å². The summed E-state index contributed by atoms with van der Waals surface area (Å²) in [5.41, 5.74) is 20.8. The van der Waals surface area contributed by atoms with Crippen LogP contribution in [-0.2, 0) is 20.2 Å². The van der Waals surface area contributed by atoms with Gasteiger partial charge in [-0.3, -0.25) is 20.4 Å². The molecule has 52 heavy (non-hydrogen) atoms. The molecule has 0 spiro atoms. The SMILES string of the molecule is Cc1cc(-c2ccc(N/N=C3\C(=O)c4cc(N)ccc4C=C3S(=O)(=O)[O-])c(C)c2)ccc1N/N=C1/C(=O)c2ccc(N)cc2C=C1S(=O)(=O)[O-].[Na+].[Na+]. The molecule has 0 atom stereocenters. The molecular weight excluding hydrogens is 731 g/mol. The van der Waals surface area contributed by atoms with Crippen molar-refractivity contribution in [2.75, 3.05) is 22.3 Å². The number of nitrogens with zero attached hydrogens (tertiary/aromatic N) is 2. The number of Topliss-reactive ketones (excluding diaryl/α,β-unsaturated/α-hetero) is 2. The van der Waals surface area contributed by atoms with Crippen molar-refractivity contribution in [1.29, 1.82) is 0 Å².